The van der Waals surface area contributed by atoms with Crippen LogP contribution in [0.2, 0.25) is 0 Å². The lowest BCUT2D eigenvalue weighted by Gasteiger charge is -2.11. The first-order chi connectivity index (χ1) is 10.1. The molecule has 1 N–H and O–H groups in total. The normalized spacial score (nSPS) is 10.2. The van der Waals surface area contributed by atoms with Crippen LogP contribution in [0.25, 0.3) is 0 Å². The van der Waals surface area contributed by atoms with E-state index in [9.17, 15) is 10.1 Å². The zero-order chi connectivity index (χ0) is 15.4. The molecule has 0 radical (unpaired) electrons. The highest BCUT2D eigenvalue weighted by atomic mass is 16.6. The number of aromatic nitrogens is 2. The lowest BCUT2D eigenvalue weighted by Crippen LogP contribution is -2.05. The van der Waals surface area contributed by atoms with Gasteiger partial charge in [0.2, 0.25) is 5.95 Å². The second-order valence-electron chi connectivity index (χ2n) is 4.36. The van der Waals surface area contributed by atoms with Crippen molar-refractivity contribution in [1.29, 1.82) is 0 Å². The van der Waals surface area contributed by atoms with Crippen molar-refractivity contribution >= 4 is 11.6 Å². The van der Waals surface area contributed by atoms with Gasteiger partial charge in [0.25, 0.3) is 0 Å². The number of nitrogens with zero attached hydrogens (tertiary/aromatic N) is 3. The van der Waals surface area contributed by atoms with E-state index >= 15 is 0 Å². The fourth-order valence-corrected chi connectivity index (χ4v) is 1.93. The third-order valence-corrected chi connectivity index (χ3v) is 2.99. The minimum Gasteiger partial charge on any atom is -0.433 e. The fourth-order valence-electron chi connectivity index (χ4n) is 1.93. The summed E-state index contributed by atoms with van der Waals surface area (Å²) in [6.45, 7) is 3.54. The molecule has 0 unspecified atom stereocenters. The van der Waals surface area contributed by atoms with Crippen molar-refractivity contribution in [3.8, 4) is 11.6 Å². The van der Waals surface area contributed by atoms with Crippen molar-refractivity contribution in [1.82, 2.24) is 9.97 Å². The Morgan fingerprint density at radius 2 is 2.05 bits per heavy atom. The molecular weight excluding hydrogens is 272 g/mol. The third kappa shape index (κ3) is 3.07. The summed E-state index contributed by atoms with van der Waals surface area (Å²) in [5.41, 5.74) is 0.984. The van der Waals surface area contributed by atoms with Crippen molar-refractivity contribution in [2.75, 3.05) is 12.4 Å². The second-order valence-corrected chi connectivity index (χ2v) is 4.36. The molecule has 0 bridgehead atoms. The fraction of sp³-hybridized carbons (Fsp3) is 0.286. The maximum Gasteiger partial charge on any atom is 0.352 e. The van der Waals surface area contributed by atoms with Gasteiger partial charge in [-0.15, -0.1) is 0 Å². The number of aryl methyl sites for hydroxylation is 2. The molecule has 110 valence electrons. The molecular formula is C14H16N4O3. The molecule has 21 heavy (non-hydrogen) atoms. The van der Waals surface area contributed by atoms with E-state index in [1.165, 1.54) is 0 Å². The molecule has 0 saturated heterocycles. The first kappa shape index (κ1) is 14.7. The first-order valence-electron chi connectivity index (χ1n) is 6.53. The van der Waals surface area contributed by atoms with E-state index in [0.717, 1.165) is 12.0 Å². The van der Waals surface area contributed by atoms with Crippen LogP contribution in [0.5, 0.6) is 11.6 Å². The number of hydrogen-bond donors (Lipinski definition) is 1. The molecule has 7 nitrogen and oxygen atoms in total. The van der Waals surface area contributed by atoms with E-state index in [1.54, 1.807) is 20.0 Å². The Labute approximate surface area is 122 Å². The highest BCUT2D eigenvalue weighted by Crippen LogP contribution is 2.33. The van der Waals surface area contributed by atoms with Gasteiger partial charge in [-0.25, -0.2) is 4.98 Å². The van der Waals surface area contributed by atoms with Gasteiger partial charge in [0.1, 0.15) is 11.4 Å². The van der Waals surface area contributed by atoms with E-state index in [0.29, 0.717) is 5.75 Å². The Hall–Kier alpha value is -2.70. The Morgan fingerprint density at radius 3 is 2.67 bits per heavy atom. The molecule has 0 aliphatic rings. The molecule has 0 fully saturated rings. The lowest BCUT2D eigenvalue weighted by atomic mass is 10.1. The van der Waals surface area contributed by atoms with Gasteiger partial charge in [0.15, 0.2) is 0 Å². The number of rotatable bonds is 5. The number of nitrogens with one attached hydrogen (secondary N) is 1. The quantitative estimate of drug-likeness (QED) is 0.671. The Morgan fingerprint density at radius 1 is 1.33 bits per heavy atom. The molecule has 2 aromatic rings. The van der Waals surface area contributed by atoms with Crippen LogP contribution in [-0.4, -0.2) is 21.9 Å². The lowest BCUT2D eigenvalue weighted by molar-refractivity contribution is -0.386. The van der Waals surface area contributed by atoms with Crippen LogP contribution in [0.4, 0.5) is 11.6 Å². The van der Waals surface area contributed by atoms with Gasteiger partial charge in [-0.2, -0.15) is 4.98 Å². The highest BCUT2D eigenvalue weighted by molar-refractivity contribution is 5.51. The second kappa shape index (κ2) is 6.17. The molecule has 2 rings (SSSR count). The summed E-state index contributed by atoms with van der Waals surface area (Å²) in [5, 5.41) is 14.0. The zero-order valence-electron chi connectivity index (χ0n) is 12.1. The molecule has 1 aromatic carbocycles. The van der Waals surface area contributed by atoms with Crippen LogP contribution in [0.1, 0.15) is 18.2 Å². The monoisotopic (exact) mass is 288 g/mol. The highest BCUT2D eigenvalue weighted by Gasteiger charge is 2.24. The third-order valence-electron chi connectivity index (χ3n) is 2.99. The number of para-hydroxylation sites is 1. The number of ether oxygens (including phenoxy) is 1. The largest absolute Gasteiger partial charge is 0.433 e. The molecule has 1 heterocycles. The summed E-state index contributed by atoms with van der Waals surface area (Å²) in [5.74, 6) is 0.781. The predicted molar refractivity (Wildman–Crippen MR) is 78.9 cm³/mol. The summed E-state index contributed by atoms with van der Waals surface area (Å²) >= 11 is 0. The molecule has 0 saturated carbocycles. The summed E-state index contributed by atoms with van der Waals surface area (Å²) in [6.07, 6.45) is 0.757. The van der Waals surface area contributed by atoms with Crippen LogP contribution < -0.4 is 10.1 Å². The maximum absolute atomic E-state index is 11.2. The van der Waals surface area contributed by atoms with E-state index in [4.69, 9.17) is 4.74 Å². The van der Waals surface area contributed by atoms with Crippen molar-refractivity contribution in [2.45, 2.75) is 20.3 Å². The van der Waals surface area contributed by atoms with Crippen molar-refractivity contribution < 1.29 is 9.66 Å². The van der Waals surface area contributed by atoms with Crippen LogP contribution in [0.15, 0.2) is 24.3 Å². The first-order valence-corrected chi connectivity index (χ1v) is 6.53. The van der Waals surface area contributed by atoms with Crippen LogP contribution in [-0.2, 0) is 6.42 Å². The number of hydrogen-bond acceptors (Lipinski definition) is 6. The van der Waals surface area contributed by atoms with Gasteiger partial charge in [0, 0.05) is 7.05 Å². The Kier molecular flexibility index (Phi) is 4.32. The predicted octanol–water partition coefficient (Wildman–Crippen LogP) is 3.09. The van der Waals surface area contributed by atoms with Gasteiger partial charge in [0.05, 0.1) is 4.92 Å². The summed E-state index contributed by atoms with van der Waals surface area (Å²) in [4.78, 5) is 18.8. The van der Waals surface area contributed by atoms with Gasteiger partial charge in [-0.1, -0.05) is 25.1 Å². The van der Waals surface area contributed by atoms with Crippen molar-refractivity contribution in [2.24, 2.45) is 0 Å². The number of anilines is 1. The van der Waals surface area contributed by atoms with E-state index < -0.39 is 4.92 Å². The molecule has 1 aromatic heterocycles. The van der Waals surface area contributed by atoms with Crippen LogP contribution >= 0.6 is 0 Å². The van der Waals surface area contributed by atoms with Gasteiger partial charge >= 0.3 is 11.6 Å². The molecule has 7 heteroatoms. The topological polar surface area (TPSA) is 90.2 Å². The maximum atomic E-state index is 11.2. The number of nitro groups is 1. The average Bonchev–Trinajstić information content (AvgIpc) is 2.46. The number of benzene rings is 1. The SMILES string of the molecule is CCc1ccccc1Oc1nc(NC)nc(C)c1[N+](=O)[O-]. The van der Waals surface area contributed by atoms with Crippen molar-refractivity contribution in [3.05, 3.63) is 45.6 Å². The smallest absolute Gasteiger partial charge is 0.352 e. The molecule has 0 spiro atoms. The van der Waals surface area contributed by atoms with Gasteiger partial charge in [-0.05, 0) is 25.0 Å². The minimum absolute atomic E-state index is 0.0576. The molecule has 0 atom stereocenters. The standard InChI is InChI=1S/C14H16N4O3/c1-4-10-7-5-6-8-11(10)21-13-12(18(19)20)9(2)16-14(15-3)17-13/h5-8H,4H2,1-3H3,(H,15,16,17). The van der Waals surface area contributed by atoms with Crippen molar-refractivity contribution in [3.63, 3.8) is 0 Å². The van der Waals surface area contributed by atoms with Crippen LogP contribution in [0, 0.1) is 17.0 Å². The van der Waals surface area contributed by atoms with Gasteiger partial charge in [-0.3, -0.25) is 10.1 Å². The summed E-state index contributed by atoms with van der Waals surface area (Å²) in [7, 11) is 1.64. The molecule has 0 aliphatic heterocycles. The molecule has 0 amide bonds. The Balaban J connectivity index is 2.52. The van der Waals surface area contributed by atoms with Crippen LogP contribution in [0.3, 0.4) is 0 Å². The molecule has 0 aliphatic carbocycles. The zero-order valence-corrected chi connectivity index (χ0v) is 12.1. The van der Waals surface area contributed by atoms with E-state index in [1.807, 2.05) is 25.1 Å². The Bertz CT molecular complexity index is 673. The minimum atomic E-state index is -0.529. The van der Waals surface area contributed by atoms with E-state index in [-0.39, 0.29) is 23.2 Å². The summed E-state index contributed by atoms with van der Waals surface area (Å²) < 4.78 is 5.68. The van der Waals surface area contributed by atoms with Gasteiger partial charge < -0.3 is 10.1 Å². The van der Waals surface area contributed by atoms with E-state index in [2.05, 4.69) is 15.3 Å². The average molecular weight is 288 g/mol. The summed E-state index contributed by atoms with van der Waals surface area (Å²) in [6, 6.07) is 7.38.